The van der Waals surface area contributed by atoms with Gasteiger partial charge in [-0.1, -0.05) is 18.2 Å². The van der Waals surface area contributed by atoms with E-state index in [2.05, 4.69) is 6.58 Å². The smallest absolute Gasteiger partial charge is 0.338 e. The molecule has 0 spiro atoms. The van der Waals surface area contributed by atoms with E-state index in [1.165, 1.54) is 42.3 Å². The molecule has 0 fully saturated rings. The highest BCUT2D eigenvalue weighted by molar-refractivity contribution is 6.22. The van der Waals surface area contributed by atoms with Crippen LogP contribution in [0.4, 0.5) is 0 Å². The quantitative estimate of drug-likeness (QED) is 0.320. The van der Waals surface area contributed by atoms with Gasteiger partial charge in [-0.05, 0) is 61.6 Å². The summed E-state index contributed by atoms with van der Waals surface area (Å²) in [7, 11) is 0. The Morgan fingerprint density at radius 2 is 1.73 bits per heavy atom. The fraction of sp³-hybridized carbons (Fsp3) is 0.250. The van der Waals surface area contributed by atoms with Crippen molar-refractivity contribution in [3.8, 4) is 0 Å². The maximum atomic E-state index is 12.7. The number of carbonyl (C=O) groups excluding carboxylic acids is 4. The predicted molar refractivity (Wildman–Crippen MR) is 110 cm³/mol. The molecule has 0 bridgehead atoms. The van der Waals surface area contributed by atoms with Gasteiger partial charge in [0.15, 0.2) is 6.10 Å². The summed E-state index contributed by atoms with van der Waals surface area (Å²) < 4.78 is 5.35. The fourth-order valence-electron chi connectivity index (χ4n) is 3.95. The Balaban J connectivity index is 1.49. The van der Waals surface area contributed by atoms with Gasteiger partial charge in [0.1, 0.15) is 0 Å². The Morgan fingerprint density at radius 3 is 2.50 bits per heavy atom. The third-order valence-corrected chi connectivity index (χ3v) is 5.55. The van der Waals surface area contributed by atoms with Crippen LogP contribution in [0.3, 0.4) is 0 Å². The Labute approximate surface area is 174 Å². The van der Waals surface area contributed by atoms with E-state index < -0.39 is 23.9 Å². The molecule has 0 saturated heterocycles. The van der Waals surface area contributed by atoms with Gasteiger partial charge in [-0.15, -0.1) is 6.58 Å². The summed E-state index contributed by atoms with van der Waals surface area (Å²) in [4.78, 5) is 51.1. The number of ketones is 1. The first-order chi connectivity index (χ1) is 14.4. The lowest BCUT2D eigenvalue weighted by atomic mass is 10.0. The molecule has 0 radical (unpaired) electrons. The maximum Gasteiger partial charge on any atom is 0.338 e. The van der Waals surface area contributed by atoms with E-state index in [4.69, 9.17) is 4.74 Å². The molecule has 152 valence electrons. The lowest BCUT2D eigenvalue weighted by molar-refractivity contribution is 0.0318. The molecule has 0 unspecified atom stereocenters. The van der Waals surface area contributed by atoms with Gasteiger partial charge in [0, 0.05) is 12.1 Å². The van der Waals surface area contributed by atoms with E-state index in [1.807, 2.05) is 12.1 Å². The highest BCUT2D eigenvalue weighted by atomic mass is 16.5. The molecule has 1 atom stereocenters. The molecule has 0 aromatic heterocycles. The molecule has 2 aromatic rings. The molecule has 1 aliphatic heterocycles. The molecule has 2 aromatic carbocycles. The summed E-state index contributed by atoms with van der Waals surface area (Å²) in [5, 5.41) is 0. The maximum absolute atomic E-state index is 12.7. The van der Waals surface area contributed by atoms with Gasteiger partial charge >= 0.3 is 5.97 Å². The first-order valence-corrected chi connectivity index (χ1v) is 9.89. The van der Waals surface area contributed by atoms with Crippen LogP contribution in [0, 0.1) is 0 Å². The lowest BCUT2D eigenvalue weighted by Crippen LogP contribution is -2.29. The summed E-state index contributed by atoms with van der Waals surface area (Å²) in [6.45, 7) is 5.17. The van der Waals surface area contributed by atoms with Crippen molar-refractivity contribution in [2.75, 3.05) is 6.54 Å². The minimum absolute atomic E-state index is 0.0957. The molecule has 0 saturated carbocycles. The van der Waals surface area contributed by atoms with Crippen molar-refractivity contribution in [2.45, 2.75) is 32.3 Å². The van der Waals surface area contributed by atoms with Crippen LogP contribution in [0.5, 0.6) is 0 Å². The number of hydrogen-bond donors (Lipinski definition) is 0. The Morgan fingerprint density at radius 1 is 1.03 bits per heavy atom. The summed E-state index contributed by atoms with van der Waals surface area (Å²) in [6, 6.07) is 9.81. The molecule has 4 rings (SSSR count). The third kappa shape index (κ3) is 3.34. The number of fused-ring (bicyclic) bond motifs is 2. The fourth-order valence-corrected chi connectivity index (χ4v) is 3.95. The zero-order chi connectivity index (χ0) is 21.4. The van der Waals surface area contributed by atoms with Crippen LogP contribution < -0.4 is 0 Å². The van der Waals surface area contributed by atoms with Crippen molar-refractivity contribution in [2.24, 2.45) is 0 Å². The minimum atomic E-state index is -0.972. The van der Waals surface area contributed by atoms with Gasteiger partial charge in [0.2, 0.25) is 5.78 Å². The monoisotopic (exact) mass is 403 g/mol. The van der Waals surface area contributed by atoms with Gasteiger partial charge in [-0.3, -0.25) is 19.3 Å². The number of Topliss-reactive ketones (excluding diaryl/α,β-unsaturated/α-hetero) is 1. The zero-order valence-electron chi connectivity index (χ0n) is 16.6. The van der Waals surface area contributed by atoms with Gasteiger partial charge in [-0.25, -0.2) is 4.79 Å². The Bertz CT molecular complexity index is 1100. The molecule has 2 aliphatic rings. The number of imide groups is 1. The largest absolute Gasteiger partial charge is 0.451 e. The average molecular weight is 403 g/mol. The number of rotatable bonds is 6. The Hall–Kier alpha value is -3.54. The zero-order valence-corrected chi connectivity index (χ0v) is 16.6. The average Bonchev–Trinajstić information content (AvgIpc) is 3.31. The van der Waals surface area contributed by atoms with Gasteiger partial charge < -0.3 is 4.74 Å². The van der Waals surface area contributed by atoms with Crippen LogP contribution in [0.1, 0.15) is 65.9 Å². The molecular weight excluding hydrogens is 382 g/mol. The summed E-state index contributed by atoms with van der Waals surface area (Å²) in [5.74, 6) is -1.90. The molecule has 1 aliphatic carbocycles. The molecule has 0 N–H and O–H groups in total. The van der Waals surface area contributed by atoms with Crippen LogP contribution in [0.15, 0.2) is 49.1 Å². The molecule has 6 heteroatoms. The van der Waals surface area contributed by atoms with Crippen molar-refractivity contribution in [1.82, 2.24) is 4.90 Å². The van der Waals surface area contributed by atoms with Crippen LogP contribution >= 0.6 is 0 Å². The summed E-state index contributed by atoms with van der Waals surface area (Å²) >= 11 is 0. The standard InChI is InChI=1S/C24H21NO5/c1-3-11-25-22(27)19-10-9-18(13-20(19)23(25)28)24(29)30-14(2)21(26)17-8-7-15-5-4-6-16(15)12-17/h3,7-10,12-14H,1,4-6,11H2,2H3/t14-/m0/s1. The van der Waals surface area contributed by atoms with Crippen molar-refractivity contribution in [3.05, 3.63) is 82.4 Å². The number of amides is 2. The van der Waals surface area contributed by atoms with Crippen LogP contribution in [0.25, 0.3) is 0 Å². The van der Waals surface area contributed by atoms with E-state index in [-0.39, 0.29) is 29.0 Å². The van der Waals surface area contributed by atoms with E-state index in [1.54, 1.807) is 6.07 Å². The van der Waals surface area contributed by atoms with E-state index >= 15 is 0 Å². The first kappa shape index (κ1) is 19.8. The van der Waals surface area contributed by atoms with Crippen molar-refractivity contribution in [3.63, 3.8) is 0 Å². The number of hydrogen-bond acceptors (Lipinski definition) is 5. The van der Waals surface area contributed by atoms with Crippen LogP contribution in [-0.2, 0) is 17.6 Å². The SMILES string of the molecule is C=CCN1C(=O)c2ccc(C(=O)O[C@@H](C)C(=O)c3ccc4c(c3)CCC4)cc2C1=O. The Kier molecular flexibility index (Phi) is 5.08. The molecule has 1 heterocycles. The predicted octanol–water partition coefficient (Wildman–Crippen LogP) is 3.39. The second-order valence-corrected chi connectivity index (χ2v) is 7.52. The van der Waals surface area contributed by atoms with Gasteiger partial charge in [-0.2, -0.15) is 0 Å². The minimum Gasteiger partial charge on any atom is -0.451 e. The van der Waals surface area contributed by atoms with E-state index in [0.29, 0.717) is 5.56 Å². The first-order valence-electron chi connectivity index (χ1n) is 9.89. The number of ether oxygens (including phenoxy) is 1. The van der Waals surface area contributed by atoms with Crippen molar-refractivity contribution < 1.29 is 23.9 Å². The molecule has 6 nitrogen and oxygen atoms in total. The topological polar surface area (TPSA) is 80.8 Å². The van der Waals surface area contributed by atoms with Crippen LogP contribution in [-0.4, -0.2) is 41.1 Å². The number of aryl methyl sites for hydroxylation is 2. The van der Waals surface area contributed by atoms with Crippen molar-refractivity contribution >= 4 is 23.6 Å². The van der Waals surface area contributed by atoms with Gasteiger partial charge in [0.05, 0.1) is 16.7 Å². The third-order valence-electron chi connectivity index (χ3n) is 5.55. The van der Waals surface area contributed by atoms with Crippen LogP contribution in [0.2, 0.25) is 0 Å². The van der Waals surface area contributed by atoms with Crippen molar-refractivity contribution in [1.29, 1.82) is 0 Å². The summed E-state index contributed by atoms with van der Waals surface area (Å²) in [6.07, 6.45) is 3.55. The molecule has 2 amide bonds. The highest BCUT2D eigenvalue weighted by Crippen LogP contribution is 2.26. The van der Waals surface area contributed by atoms with E-state index in [9.17, 15) is 19.2 Å². The highest BCUT2D eigenvalue weighted by Gasteiger charge is 2.35. The normalized spacial score (nSPS) is 15.6. The second-order valence-electron chi connectivity index (χ2n) is 7.52. The number of nitrogens with zero attached hydrogens (tertiary/aromatic N) is 1. The van der Waals surface area contributed by atoms with E-state index in [0.717, 1.165) is 24.2 Å². The number of benzene rings is 2. The number of esters is 1. The lowest BCUT2D eigenvalue weighted by Gasteiger charge is -2.13. The number of carbonyl (C=O) groups is 4. The summed E-state index contributed by atoms with van der Waals surface area (Å²) in [5.41, 5.74) is 3.45. The molecule has 30 heavy (non-hydrogen) atoms. The molecular formula is C24H21NO5. The second kappa shape index (κ2) is 7.71. The van der Waals surface area contributed by atoms with Gasteiger partial charge in [0.25, 0.3) is 11.8 Å².